The Hall–Kier alpha value is -0.120. The fraction of sp³-hybridized carbons (Fsp3) is 1.00. The maximum atomic E-state index is 5.66. The highest BCUT2D eigenvalue weighted by Crippen LogP contribution is 2.13. The van der Waals surface area contributed by atoms with Crippen LogP contribution in [-0.4, -0.2) is 43.8 Å². The zero-order chi connectivity index (χ0) is 9.68. The fourth-order valence-electron chi connectivity index (χ4n) is 1.63. The zero-order valence-corrected chi connectivity index (χ0v) is 8.83. The summed E-state index contributed by atoms with van der Waals surface area (Å²) < 4.78 is 5.66. The summed E-state index contributed by atoms with van der Waals surface area (Å²) in [6.07, 6.45) is 4.19. The molecule has 1 heterocycles. The van der Waals surface area contributed by atoms with E-state index in [9.17, 15) is 0 Å². The topological polar surface area (TPSA) is 38.5 Å². The van der Waals surface area contributed by atoms with Gasteiger partial charge in [0.15, 0.2) is 0 Å². The molecular formula is C10H22N2O. The normalized spacial score (nSPS) is 26.3. The van der Waals surface area contributed by atoms with Crippen molar-refractivity contribution in [3.8, 4) is 0 Å². The minimum Gasteiger partial charge on any atom is -0.377 e. The predicted octanol–water partition coefficient (Wildman–Crippen LogP) is 0.834. The first kappa shape index (κ1) is 11.0. The predicted molar refractivity (Wildman–Crippen MR) is 54.7 cm³/mol. The van der Waals surface area contributed by atoms with E-state index in [1.165, 1.54) is 19.3 Å². The van der Waals surface area contributed by atoms with Crippen LogP contribution < -0.4 is 5.73 Å². The Morgan fingerprint density at radius 2 is 2.31 bits per heavy atom. The van der Waals surface area contributed by atoms with Gasteiger partial charge in [-0.2, -0.15) is 0 Å². The molecule has 1 fully saturated rings. The van der Waals surface area contributed by atoms with E-state index in [0.717, 1.165) is 19.7 Å². The summed E-state index contributed by atoms with van der Waals surface area (Å²) in [4.78, 5) is 2.29. The molecule has 1 aliphatic heterocycles. The van der Waals surface area contributed by atoms with Gasteiger partial charge < -0.3 is 10.5 Å². The molecule has 2 N–H and O–H groups in total. The summed E-state index contributed by atoms with van der Waals surface area (Å²) in [6.45, 7) is 4.85. The van der Waals surface area contributed by atoms with Crippen molar-refractivity contribution in [2.45, 2.75) is 38.3 Å². The third-order valence-electron chi connectivity index (χ3n) is 2.86. The minimum atomic E-state index is 0.438. The third kappa shape index (κ3) is 3.63. The SMILES string of the molecule is CC(CN)N(C)CC1CCCCO1. The summed E-state index contributed by atoms with van der Waals surface area (Å²) in [6, 6.07) is 0.463. The minimum absolute atomic E-state index is 0.438. The van der Waals surface area contributed by atoms with Crippen LogP contribution in [0.4, 0.5) is 0 Å². The molecule has 78 valence electrons. The van der Waals surface area contributed by atoms with E-state index < -0.39 is 0 Å². The summed E-state index contributed by atoms with van der Waals surface area (Å²) in [5.74, 6) is 0. The number of hydrogen-bond donors (Lipinski definition) is 1. The van der Waals surface area contributed by atoms with E-state index in [0.29, 0.717) is 12.1 Å². The Kier molecular flexibility index (Phi) is 4.70. The highest BCUT2D eigenvalue weighted by atomic mass is 16.5. The molecule has 0 saturated carbocycles. The third-order valence-corrected chi connectivity index (χ3v) is 2.86. The zero-order valence-electron chi connectivity index (χ0n) is 8.83. The van der Waals surface area contributed by atoms with Crippen LogP contribution in [0.15, 0.2) is 0 Å². The largest absolute Gasteiger partial charge is 0.377 e. The molecule has 1 aliphatic rings. The standard InChI is InChI=1S/C10H22N2O/c1-9(7-11)12(2)8-10-5-3-4-6-13-10/h9-10H,3-8,11H2,1-2H3. The number of likely N-dealkylation sites (N-methyl/N-ethyl adjacent to an activating group) is 1. The van der Waals surface area contributed by atoms with E-state index in [-0.39, 0.29) is 0 Å². The molecule has 3 nitrogen and oxygen atoms in total. The van der Waals surface area contributed by atoms with Gasteiger partial charge in [-0.05, 0) is 33.2 Å². The number of nitrogens with two attached hydrogens (primary N) is 1. The van der Waals surface area contributed by atoms with Crippen LogP contribution >= 0.6 is 0 Å². The van der Waals surface area contributed by atoms with Gasteiger partial charge in [0.1, 0.15) is 0 Å². The lowest BCUT2D eigenvalue weighted by atomic mass is 10.1. The Morgan fingerprint density at radius 1 is 1.54 bits per heavy atom. The first-order chi connectivity index (χ1) is 6.24. The average Bonchev–Trinajstić information content (AvgIpc) is 2.18. The van der Waals surface area contributed by atoms with E-state index in [4.69, 9.17) is 10.5 Å². The van der Waals surface area contributed by atoms with Crippen molar-refractivity contribution >= 4 is 0 Å². The maximum Gasteiger partial charge on any atom is 0.0702 e. The molecule has 1 rings (SSSR count). The monoisotopic (exact) mass is 186 g/mol. The van der Waals surface area contributed by atoms with E-state index in [1.54, 1.807) is 0 Å². The quantitative estimate of drug-likeness (QED) is 0.707. The molecule has 0 aromatic carbocycles. The second-order valence-corrected chi connectivity index (χ2v) is 4.01. The van der Waals surface area contributed by atoms with Crippen LogP contribution in [0.2, 0.25) is 0 Å². The molecule has 0 aromatic rings. The number of nitrogens with zero attached hydrogens (tertiary/aromatic N) is 1. The Morgan fingerprint density at radius 3 is 2.85 bits per heavy atom. The molecule has 0 radical (unpaired) electrons. The molecule has 2 unspecified atom stereocenters. The summed E-state index contributed by atoms with van der Waals surface area (Å²) in [5.41, 5.74) is 5.60. The molecule has 3 heteroatoms. The van der Waals surface area contributed by atoms with Gasteiger partial charge in [-0.1, -0.05) is 0 Å². The fourth-order valence-corrected chi connectivity index (χ4v) is 1.63. The van der Waals surface area contributed by atoms with Gasteiger partial charge in [-0.25, -0.2) is 0 Å². The molecule has 0 aliphatic carbocycles. The lowest BCUT2D eigenvalue weighted by Crippen LogP contribution is -2.41. The van der Waals surface area contributed by atoms with Gasteiger partial charge in [0, 0.05) is 25.7 Å². The van der Waals surface area contributed by atoms with Crippen LogP contribution in [0.25, 0.3) is 0 Å². The molecule has 2 atom stereocenters. The number of hydrogen-bond acceptors (Lipinski definition) is 3. The van der Waals surface area contributed by atoms with Crippen LogP contribution in [0.3, 0.4) is 0 Å². The first-order valence-electron chi connectivity index (χ1n) is 5.26. The Labute approximate surface area is 81.2 Å². The van der Waals surface area contributed by atoms with Crippen molar-refractivity contribution < 1.29 is 4.74 Å². The first-order valence-corrected chi connectivity index (χ1v) is 5.26. The smallest absolute Gasteiger partial charge is 0.0702 e. The molecule has 0 amide bonds. The van der Waals surface area contributed by atoms with Crippen molar-refractivity contribution in [2.75, 3.05) is 26.7 Å². The van der Waals surface area contributed by atoms with Crippen molar-refractivity contribution in [1.29, 1.82) is 0 Å². The van der Waals surface area contributed by atoms with Gasteiger partial charge in [-0.3, -0.25) is 4.90 Å². The van der Waals surface area contributed by atoms with Crippen molar-refractivity contribution in [2.24, 2.45) is 5.73 Å². The Bertz CT molecular complexity index is 135. The second-order valence-electron chi connectivity index (χ2n) is 4.01. The highest BCUT2D eigenvalue weighted by Gasteiger charge is 2.17. The van der Waals surface area contributed by atoms with Crippen LogP contribution in [0, 0.1) is 0 Å². The van der Waals surface area contributed by atoms with Gasteiger partial charge in [0.25, 0.3) is 0 Å². The van der Waals surface area contributed by atoms with E-state index in [1.807, 2.05) is 0 Å². The second kappa shape index (κ2) is 5.58. The molecule has 0 spiro atoms. The van der Waals surface area contributed by atoms with Crippen molar-refractivity contribution in [1.82, 2.24) is 4.90 Å². The summed E-state index contributed by atoms with van der Waals surface area (Å²) >= 11 is 0. The van der Waals surface area contributed by atoms with Crippen LogP contribution in [0.1, 0.15) is 26.2 Å². The number of ether oxygens (including phenoxy) is 1. The molecule has 0 aromatic heterocycles. The molecule has 0 bridgehead atoms. The van der Waals surface area contributed by atoms with Gasteiger partial charge in [0.05, 0.1) is 6.10 Å². The lowest BCUT2D eigenvalue weighted by Gasteiger charge is -2.30. The van der Waals surface area contributed by atoms with Crippen LogP contribution in [-0.2, 0) is 4.74 Å². The average molecular weight is 186 g/mol. The number of rotatable bonds is 4. The molecule has 13 heavy (non-hydrogen) atoms. The Balaban J connectivity index is 2.21. The van der Waals surface area contributed by atoms with Crippen LogP contribution in [0.5, 0.6) is 0 Å². The van der Waals surface area contributed by atoms with E-state index in [2.05, 4.69) is 18.9 Å². The lowest BCUT2D eigenvalue weighted by molar-refractivity contribution is -0.00639. The maximum absolute atomic E-state index is 5.66. The van der Waals surface area contributed by atoms with Crippen molar-refractivity contribution in [3.63, 3.8) is 0 Å². The summed E-state index contributed by atoms with van der Waals surface area (Å²) in [7, 11) is 2.12. The molecule has 1 saturated heterocycles. The highest BCUT2D eigenvalue weighted by molar-refractivity contribution is 4.71. The van der Waals surface area contributed by atoms with Gasteiger partial charge in [-0.15, -0.1) is 0 Å². The van der Waals surface area contributed by atoms with Crippen molar-refractivity contribution in [3.05, 3.63) is 0 Å². The molecular weight excluding hydrogens is 164 g/mol. The van der Waals surface area contributed by atoms with Gasteiger partial charge >= 0.3 is 0 Å². The summed E-state index contributed by atoms with van der Waals surface area (Å²) in [5, 5.41) is 0. The van der Waals surface area contributed by atoms with E-state index >= 15 is 0 Å². The van der Waals surface area contributed by atoms with Gasteiger partial charge in [0.2, 0.25) is 0 Å².